The average Bonchev–Trinajstić information content (AvgIpc) is 1.61. The Morgan fingerprint density at radius 2 is 0.505 bits per heavy atom. The number of nitrogens with zero attached hydrogens (tertiary/aromatic N) is 2. The first kappa shape index (κ1) is 93.7. The summed E-state index contributed by atoms with van der Waals surface area (Å²) >= 11 is 0. The van der Waals surface area contributed by atoms with E-state index in [1.54, 1.807) is 15.8 Å². The first-order valence-corrected chi connectivity index (χ1v) is 42.8. The molecule has 0 aliphatic carbocycles. The van der Waals surface area contributed by atoms with E-state index in [0.717, 1.165) is 81.2 Å². The summed E-state index contributed by atoms with van der Waals surface area (Å²) < 4.78 is 1.68. The maximum Gasteiger partial charge on any atom is 2.00 e. The molecule has 1 aliphatic rings. The summed E-state index contributed by atoms with van der Waals surface area (Å²) in [6.07, 6.45) is 92.2. The van der Waals surface area contributed by atoms with Crippen LogP contribution in [-0.2, 0) is 55.0 Å². The predicted molar refractivity (Wildman–Crippen MR) is 430 cm³/mol. The van der Waals surface area contributed by atoms with E-state index in [-0.39, 0.29) is 16.5 Å². The molecule has 0 bridgehead atoms. The zero-order valence-corrected chi connectivity index (χ0v) is 67.3. The molecular formula is C94H158N2Ni. The van der Waals surface area contributed by atoms with Gasteiger partial charge in [0.25, 0.3) is 0 Å². The average molecular weight is 1380 g/mol. The maximum atomic E-state index is 13.2. The van der Waals surface area contributed by atoms with Crippen LogP contribution in [0.3, 0.4) is 0 Å². The second-order valence-electron chi connectivity index (χ2n) is 29.4. The van der Waals surface area contributed by atoms with Gasteiger partial charge in [-0.15, -0.1) is 0 Å². The molecule has 0 N–H and O–H groups in total. The van der Waals surface area contributed by atoms with Gasteiger partial charge in [0.2, 0.25) is 11.4 Å². The number of rotatable bonds is 61. The molecule has 0 amide bonds. The van der Waals surface area contributed by atoms with Crippen molar-refractivity contribution in [2.45, 2.75) is 467 Å². The van der Waals surface area contributed by atoms with Crippen LogP contribution in [0, 0.1) is 36.5 Å². The third kappa shape index (κ3) is 46.0. The molecule has 0 saturated heterocycles. The predicted octanol–water partition coefficient (Wildman–Crippen LogP) is 31.3. The van der Waals surface area contributed by atoms with Crippen LogP contribution in [0.5, 0.6) is 0 Å². The molecule has 3 rings (SSSR count). The Morgan fingerprint density at radius 1 is 0.278 bits per heavy atom. The fourth-order valence-corrected chi connectivity index (χ4v) is 14.3. The first-order chi connectivity index (χ1) is 47.3. The van der Waals surface area contributed by atoms with Gasteiger partial charge >= 0.3 is 16.5 Å². The Labute approximate surface area is 618 Å². The number of unbranched alkanes of at least 4 members (excludes halogenated alkanes) is 45. The van der Waals surface area contributed by atoms with Crippen LogP contribution in [0.25, 0.3) is 16.9 Å². The third-order valence-corrected chi connectivity index (χ3v) is 20.4. The number of hydrogen-bond donors (Lipinski definition) is 0. The van der Waals surface area contributed by atoms with Crippen LogP contribution < -0.4 is 0 Å². The summed E-state index contributed by atoms with van der Waals surface area (Å²) in [6, 6.07) is 10.1. The van der Waals surface area contributed by atoms with Crippen molar-refractivity contribution in [1.29, 1.82) is 0 Å². The molecule has 0 fully saturated rings. The molecule has 0 saturated carbocycles. The number of aryl methyl sites for hydroxylation is 4. The quantitative estimate of drug-likeness (QED) is 0.0207. The van der Waals surface area contributed by atoms with Crippen molar-refractivity contribution in [1.82, 2.24) is 0 Å². The molecule has 2 aromatic rings. The molecule has 2 aromatic carbocycles. The van der Waals surface area contributed by atoms with Gasteiger partial charge in [0.05, 0.1) is 0 Å². The van der Waals surface area contributed by atoms with Crippen molar-refractivity contribution in [2.24, 2.45) is 0 Å². The maximum absolute atomic E-state index is 13.2. The molecule has 97 heavy (non-hydrogen) atoms. The molecule has 554 valence electrons. The van der Waals surface area contributed by atoms with Crippen LogP contribution >= 0.6 is 0 Å². The summed E-state index contributed by atoms with van der Waals surface area (Å²) in [5.41, 5.74) is 29.3. The summed E-state index contributed by atoms with van der Waals surface area (Å²) in [4.78, 5) is 0. The second-order valence-corrected chi connectivity index (χ2v) is 29.4. The van der Waals surface area contributed by atoms with Crippen molar-refractivity contribution < 1.29 is 21.2 Å². The van der Waals surface area contributed by atoms with Gasteiger partial charge in [-0.05, 0) is 180 Å². The molecule has 0 aromatic heterocycles. The van der Waals surface area contributed by atoms with E-state index in [1.165, 1.54) is 373 Å². The van der Waals surface area contributed by atoms with Gasteiger partial charge in [0.15, 0.2) is 0 Å². The van der Waals surface area contributed by atoms with Gasteiger partial charge < -0.3 is 30.2 Å². The van der Waals surface area contributed by atoms with Crippen molar-refractivity contribution in [2.75, 3.05) is 0 Å². The Morgan fingerprint density at radius 3 is 0.784 bits per heavy atom. The third-order valence-electron chi connectivity index (χ3n) is 20.4. The number of allylic oxidation sites excluding steroid dienone is 2. The molecule has 0 unspecified atom stereocenters. The Bertz CT molecular complexity index is 2290. The van der Waals surface area contributed by atoms with E-state index in [4.69, 9.17) is 12.8 Å². The Kier molecular flexibility index (Phi) is 67.4. The molecule has 0 spiro atoms. The topological polar surface area (TPSA) is 25.3 Å². The summed E-state index contributed by atoms with van der Waals surface area (Å²) in [5.74, 6) is 12.6. The van der Waals surface area contributed by atoms with Gasteiger partial charge in [-0.1, -0.05) is 351 Å². The minimum absolute atomic E-state index is 0. The van der Waals surface area contributed by atoms with Gasteiger partial charge in [0, 0.05) is 23.1 Å². The van der Waals surface area contributed by atoms with Gasteiger partial charge in [0.1, 0.15) is 5.57 Å². The molecule has 2 nitrogen and oxygen atoms in total. The minimum atomic E-state index is 0. The fourth-order valence-electron chi connectivity index (χ4n) is 14.3. The summed E-state index contributed by atoms with van der Waals surface area (Å²) in [7, 11) is 0. The van der Waals surface area contributed by atoms with Crippen molar-refractivity contribution >= 4 is 11.4 Å². The normalized spacial score (nSPS) is 11.9. The first-order valence-electron chi connectivity index (χ1n) is 42.8. The van der Waals surface area contributed by atoms with Crippen LogP contribution in [0.15, 0.2) is 35.4 Å². The Balaban J connectivity index is 0.00000243. The molecule has 0 radical (unpaired) electrons. The molecule has 1 aliphatic heterocycles. The van der Waals surface area contributed by atoms with Crippen LogP contribution in [0.2, 0.25) is 0 Å². The van der Waals surface area contributed by atoms with Crippen LogP contribution in [0.4, 0.5) is 0 Å². The monoisotopic (exact) mass is 1370 g/mol. The summed E-state index contributed by atoms with van der Waals surface area (Å²) in [5, 5.41) is 0. The van der Waals surface area contributed by atoms with E-state index < -0.39 is 0 Å². The zero-order chi connectivity index (χ0) is 70.0. The Hall–Kier alpha value is -3.31. The number of benzene rings is 2. The molecule has 1 heterocycles. The van der Waals surface area contributed by atoms with E-state index in [2.05, 4.69) is 117 Å². The smallest absolute Gasteiger partial charge is 0.694 e. The van der Waals surface area contributed by atoms with Gasteiger partial charge in [-0.2, -0.15) is 0 Å². The van der Waals surface area contributed by atoms with E-state index in [9.17, 15) is 5.53 Å². The second kappa shape index (κ2) is 69.8. The van der Waals surface area contributed by atoms with Crippen LogP contribution in [0.1, 0.15) is 473 Å². The van der Waals surface area contributed by atoms with Crippen molar-refractivity contribution in [3.05, 3.63) is 98.3 Å². The molecular weight excluding hydrogens is 1220 g/mol. The van der Waals surface area contributed by atoms with E-state index >= 15 is 0 Å². The standard InChI is InChI=1S/C64H104N2.2C15H27.Ni/c1-9-17-25-26-27-28-29-30-31-32-40-48-62-61(47-39-24-16-8)63(57-49-53(41-33-18-10-2)59(45-37-22-14-6)54(50-57)42-34-19-11-3)66(65)64(62)58-51-55(43-35-20-12-4)60(46-38-23-15-7)56(52-58)44-36-21-13-5;2*1-3-5-7-9-11-13-15-14-12-10-8-6-4-2;/h49-52H,9-39,41-47H2,1-8H3;2*3,5-15H2,1H3;/q;2*-1;+2. The largest absolute Gasteiger partial charge is 2.00 e. The molecule has 0 atom stereocenters. The van der Waals surface area contributed by atoms with Crippen LogP contribution in [-0.4, -0.2) is 4.70 Å². The fraction of sp³-hybridized carbons (Fsp3) is 0.766. The zero-order valence-electron chi connectivity index (χ0n) is 66.4. The van der Waals surface area contributed by atoms with Crippen molar-refractivity contribution in [3.8, 4) is 23.7 Å². The van der Waals surface area contributed by atoms with E-state index in [0.29, 0.717) is 0 Å². The molecule has 3 heteroatoms. The van der Waals surface area contributed by atoms with Gasteiger partial charge in [-0.25, -0.2) is 4.70 Å². The summed E-state index contributed by atoms with van der Waals surface area (Å²) in [6.45, 7) is 23.2. The van der Waals surface area contributed by atoms with E-state index in [1.807, 2.05) is 0 Å². The van der Waals surface area contributed by atoms with Crippen molar-refractivity contribution in [3.63, 3.8) is 0 Å². The van der Waals surface area contributed by atoms with Gasteiger partial charge in [-0.3, -0.25) is 0 Å². The number of hydrogen-bond acceptors (Lipinski definition) is 0. The SMILES string of the molecule is CCCCCCCCCCCC#CC1=C(c2cc(CCCCC)c(CCCCC)c(CCCCC)c2)[N+](=[N-])C(c2cc(CCCCC)c(CCCCC)c(CCCCC)c2)=C1CCCCC.[C-]#CCCCCCCCCCCCCC.[C-]#CCCCCCCCCCCCCC.[Ni+2]. The minimum Gasteiger partial charge on any atom is -0.694 e.